The quantitative estimate of drug-likeness (QED) is 0.689. The van der Waals surface area contributed by atoms with E-state index >= 15 is 0 Å². The van der Waals surface area contributed by atoms with Gasteiger partial charge in [-0.1, -0.05) is 32.0 Å². The highest BCUT2D eigenvalue weighted by molar-refractivity contribution is 9.10. The van der Waals surface area contributed by atoms with Gasteiger partial charge in [0.25, 0.3) is 5.91 Å². The van der Waals surface area contributed by atoms with Gasteiger partial charge in [0.1, 0.15) is 5.75 Å². The van der Waals surface area contributed by atoms with Crippen molar-refractivity contribution in [3.63, 3.8) is 0 Å². The number of amides is 1. The van der Waals surface area contributed by atoms with Crippen molar-refractivity contribution in [3.8, 4) is 5.75 Å². The first kappa shape index (κ1) is 20.0. The van der Waals surface area contributed by atoms with E-state index in [0.29, 0.717) is 15.8 Å². The van der Waals surface area contributed by atoms with Crippen molar-refractivity contribution in [2.75, 3.05) is 19.0 Å². The molecule has 138 valence electrons. The molecule has 5 nitrogen and oxygen atoms in total. The number of nitrogens with one attached hydrogen (secondary N) is 1. The molecule has 0 aliphatic heterocycles. The number of carbonyl (C=O) groups excluding carboxylic acids is 2. The number of anilines is 1. The van der Waals surface area contributed by atoms with E-state index in [2.05, 4.69) is 35.1 Å². The second kappa shape index (κ2) is 8.85. The molecular weight excluding hydrogens is 398 g/mol. The molecule has 0 bridgehead atoms. The molecule has 2 aromatic rings. The van der Waals surface area contributed by atoms with E-state index in [1.165, 1.54) is 0 Å². The van der Waals surface area contributed by atoms with Crippen LogP contribution in [0.1, 0.15) is 41.3 Å². The lowest BCUT2D eigenvalue weighted by Gasteiger charge is -2.16. The number of carbonyl (C=O) groups is 2. The molecule has 1 amide bonds. The normalized spacial score (nSPS) is 10.5. The molecule has 0 aromatic heterocycles. The highest BCUT2D eigenvalue weighted by Crippen LogP contribution is 2.28. The Morgan fingerprint density at radius 3 is 2.54 bits per heavy atom. The third-order valence-corrected chi connectivity index (χ3v) is 4.53. The van der Waals surface area contributed by atoms with Crippen molar-refractivity contribution in [2.24, 2.45) is 0 Å². The van der Waals surface area contributed by atoms with Gasteiger partial charge in [0.15, 0.2) is 6.61 Å². The van der Waals surface area contributed by atoms with Gasteiger partial charge in [-0.2, -0.15) is 0 Å². The van der Waals surface area contributed by atoms with Crippen LogP contribution >= 0.6 is 15.9 Å². The van der Waals surface area contributed by atoms with Gasteiger partial charge in [-0.05, 0) is 58.1 Å². The van der Waals surface area contributed by atoms with Gasteiger partial charge in [-0.15, -0.1) is 0 Å². The maximum Gasteiger partial charge on any atom is 0.338 e. The average Bonchev–Trinajstić information content (AvgIpc) is 2.61. The van der Waals surface area contributed by atoms with Crippen LogP contribution in [-0.2, 0) is 9.53 Å². The number of benzene rings is 2. The molecule has 0 saturated carbocycles. The molecule has 2 rings (SSSR count). The fraction of sp³-hybridized carbons (Fsp3) is 0.300. The Morgan fingerprint density at radius 2 is 1.92 bits per heavy atom. The summed E-state index contributed by atoms with van der Waals surface area (Å²) in [6, 6.07) is 10.7. The first-order valence-electron chi connectivity index (χ1n) is 8.23. The van der Waals surface area contributed by atoms with Gasteiger partial charge >= 0.3 is 5.97 Å². The number of para-hydroxylation sites is 1. The van der Waals surface area contributed by atoms with Crippen LogP contribution < -0.4 is 10.1 Å². The second-order valence-corrected chi connectivity index (χ2v) is 7.02. The van der Waals surface area contributed by atoms with Gasteiger partial charge in [0.2, 0.25) is 0 Å². The standard InChI is InChI=1S/C20H22BrNO4/c1-12(2)15-7-5-6-13(3)19(15)22-18(23)11-26-20(24)14-8-9-17(25-4)16(21)10-14/h5-10,12H,11H2,1-4H3,(H,22,23). The second-order valence-electron chi connectivity index (χ2n) is 6.17. The topological polar surface area (TPSA) is 64.6 Å². The molecule has 0 radical (unpaired) electrons. The average molecular weight is 420 g/mol. The van der Waals surface area contributed by atoms with E-state index in [9.17, 15) is 9.59 Å². The molecule has 0 aliphatic carbocycles. The molecule has 0 fully saturated rings. The number of hydrogen-bond acceptors (Lipinski definition) is 4. The zero-order chi connectivity index (χ0) is 19.3. The Bertz CT molecular complexity index is 817. The van der Waals surface area contributed by atoms with Gasteiger partial charge in [0.05, 0.1) is 17.1 Å². The number of ether oxygens (including phenoxy) is 2. The van der Waals surface area contributed by atoms with Crippen molar-refractivity contribution >= 4 is 33.5 Å². The summed E-state index contributed by atoms with van der Waals surface area (Å²) in [5.41, 5.74) is 3.12. The molecule has 6 heteroatoms. The van der Waals surface area contributed by atoms with E-state index in [1.807, 2.05) is 25.1 Å². The summed E-state index contributed by atoms with van der Waals surface area (Å²) in [5.74, 6) is -0.0658. The van der Waals surface area contributed by atoms with Crippen LogP contribution in [0.25, 0.3) is 0 Å². The maximum absolute atomic E-state index is 12.2. The van der Waals surface area contributed by atoms with Crippen LogP contribution in [0.15, 0.2) is 40.9 Å². The number of esters is 1. The zero-order valence-electron chi connectivity index (χ0n) is 15.3. The lowest BCUT2D eigenvalue weighted by Crippen LogP contribution is -2.22. The van der Waals surface area contributed by atoms with Crippen molar-refractivity contribution in [2.45, 2.75) is 26.7 Å². The molecule has 1 N–H and O–H groups in total. The molecule has 26 heavy (non-hydrogen) atoms. The Labute approximate surface area is 161 Å². The molecule has 2 aromatic carbocycles. The molecule has 0 saturated heterocycles. The van der Waals surface area contributed by atoms with Crippen LogP contribution in [0.3, 0.4) is 0 Å². The number of methoxy groups -OCH3 is 1. The van der Waals surface area contributed by atoms with Crippen molar-refractivity contribution in [3.05, 3.63) is 57.6 Å². The number of halogens is 1. The minimum absolute atomic E-state index is 0.268. The van der Waals surface area contributed by atoms with E-state index in [0.717, 1.165) is 16.8 Å². The predicted octanol–water partition coefficient (Wildman–Crippen LogP) is 4.69. The third kappa shape index (κ3) is 4.85. The van der Waals surface area contributed by atoms with Crippen LogP contribution in [0.5, 0.6) is 5.75 Å². The van der Waals surface area contributed by atoms with Crippen LogP contribution in [0, 0.1) is 6.92 Å². The zero-order valence-corrected chi connectivity index (χ0v) is 16.8. The van der Waals surface area contributed by atoms with Crippen LogP contribution in [-0.4, -0.2) is 25.6 Å². The van der Waals surface area contributed by atoms with Gasteiger partial charge in [-0.25, -0.2) is 4.79 Å². The summed E-state index contributed by atoms with van der Waals surface area (Å²) >= 11 is 3.32. The highest BCUT2D eigenvalue weighted by Gasteiger charge is 2.15. The van der Waals surface area contributed by atoms with E-state index in [-0.39, 0.29) is 18.4 Å². The SMILES string of the molecule is COc1ccc(C(=O)OCC(=O)Nc2c(C)cccc2C(C)C)cc1Br. The molecule has 0 aliphatic rings. The Hall–Kier alpha value is -2.34. The Kier molecular flexibility index (Phi) is 6.80. The summed E-state index contributed by atoms with van der Waals surface area (Å²) < 4.78 is 10.9. The Balaban J connectivity index is 2.01. The molecule has 0 unspecified atom stereocenters. The highest BCUT2D eigenvalue weighted by atomic mass is 79.9. The van der Waals surface area contributed by atoms with E-state index in [4.69, 9.17) is 9.47 Å². The van der Waals surface area contributed by atoms with Crippen molar-refractivity contribution in [1.82, 2.24) is 0 Å². The summed E-state index contributed by atoms with van der Waals surface area (Å²) in [5, 5.41) is 2.85. The van der Waals surface area contributed by atoms with E-state index < -0.39 is 5.97 Å². The Morgan fingerprint density at radius 1 is 1.19 bits per heavy atom. The van der Waals surface area contributed by atoms with Crippen molar-refractivity contribution < 1.29 is 19.1 Å². The summed E-state index contributed by atoms with van der Waals surface area (Å²) in [6.07, 6.45) is 0. The lowest BCUT2D eigenvalue weighted by atomic mass is 9.98. The monoisotopic (exact) mass is 419 g/mol. The molecule has 0 heterocycles. The fourth-order valence-corrected chi connectivity index (χ4v) is 3.07. The minimum Gasteiger partial charge on any atom is -0.496 e. The molecular formula is C20H22BrNO4. The number of hydrogen-bond donors (Lipinski definition) is 1. The summed E-state index contributed by atoms with van der Waals surface area (Å²) in [4.78, 5) is 24.4. The van der Waals surface area contributed by atoms with Gasteiger partial charge < -0.3 is 14.8 Å². The predicted molar refractivity (Wildman–Crippen MR) is 105 cm³/mol. The van der Waals surface area contributed by atoms with Crippen LogP contribution in [0.4, 0.5) is 5.69 Å². The minimum atomic E-state index is -0.572. The van der Waals surface area contributed by atoms with E-state index in [1.54, 1.807) is 25.3 Å². The molecule has 0 spiro atoms. The van der Waals surface area contributed by atoms with Crippen LogP contribution in [0.2, 0.25) is 0 Å². The van der Waals surface area contributed by atoms with Gasteiger partial charge in [-0.3, -0.25) is 4.79 Å². The lowest BCUT2D eigenvalue weighted by molar-refractivity contribution is -0.119. The number of aryl methyl sites for hydroxylation is 1. The smallest absolute Gasteiger partial charge is 0.338 e. The molecule has 0 atom stereocenters. The fourth-order valence-electron chi connectivity index (χ4n) is 2.53. The first-order valence-corrected chi connectivity index (χ1v) is 9.02. The first-order chi connectivity index (χ1) is 12.3. The van der Waals surface area contributed by atoms with Crippen molar-refractivity contribution in [1.29, 1.82) is 0 Å². The largest absolute Gasteiger partial charge is 0.496 e. The maximum atomic E-state index is 12.2. The summed E-state index contributed by atoms with van der Waals surface area (Å²) in [6.45, 7) is 5.70. The third-order valence-electron chi connectivity index (χ3n) is 3.91. The summed E-state index contributed by atoms with van der Waals surface area (Å²) in [7, 11) is 1.54. The van der Waals surface area contributed by atoms with Gasteiger partial charge in [0, 0.05) is 5.69 Å². The number of rotatable bonds is 6.